The van der Waals surface area contributed by atoms with E-state index in [-0.39, 0.29) is 11.9 Å². The average molecular weight is 383 g/mol. The van der Waals surface area contributed by atoms with E-state index < -0.39 is 0 Å². The van der Waals surface area contributed by atoms with Crippen molar-refractivity contribution in [2.45, 2.75) is 37.8 Å². The molecule has 0 unspecified atom stereocenters. The third-order valence-electron chi connectivity index (χ3n) is 4.94. The molecule has 3 rings (SSSR count). The molecular formula is C19H24Cl2N2O2. The minimum atomic E-state index is -0.0590. The molecule has 0 bridgehead atoms. The van der Waals surface area contributed by atoms with Crippen molar-refractivity contribution in [2.75, 3.05) is 26.3 Å². The Morgan fingerprint density at radius 2 is 1.92 bits per heavy atom. The molecule has 1 aliphatic heterocycles. The zero-order valence-corrected chi connectivity index (χ0v) is 15.7. The monoisotopic (exact) mass is 382 g/mol. The first-order valence-corrected chi connectivity index (χ1v) is 9.64. The molecule has 1 aliphatic carbocycles. The van der Waals surface area contributed by atoms with Crippen LogP contribution in [-0.4, -0.2) is 49.2 Å². The number of carbonyl (C=O) groups excluding carboxylic acids is 1. The summed E-state index contributed by atoms with van der Waals surface area (Å²) in [5.41, 5.74) is 0.859. The van der Waals surface area contributed by atoms with Crippen LogP contribution in [0.1, 0.15) is 31.2 Å². The average Bonchev–Trinajstić information content (AvgIpc) is 2.64. The lowest BCUT2D eigenvalue weighted by Gasteiger charge is -2.41. The van der Waals surface area contributed by atoms with Crippen molar-refractivity contribution in [3.05, 3.63) is 39.9 Å². The number of benzene rings is 1. The summed E-state index contributed by atoms with van der Waals surface area (Å²) >= 11 is 11.9. The van der Waals surface area contributed by atoms with E-state index in [1.807, 2.05) is 6.07 Å². The number of amides is 1. The highest BCUT2D eigenvalue weighted by molar-refractivity contribution is 6.42. The summed E-state index contributed by atoms with van der Waals surface area (Å²) in [5.74, 6) is -0.0590. The van der Waals surface area contributed by atoms with Gasteiger partial charge < -0.3 is 10.1 Å². The van der Waals surface area contributed by atoms with Crippen LogP contribution in [0.3, 0.4) is 0 Å². The largest absolute Gasteiger partial charge is 0.379 e. The third kappa shape index (κ3) is 5.20. The van der Waals surface area contributed by atoms with Crippen LogP contribution in [-0.2, 0) is 9.53 Å². The van der Waals surface area contributed by atoms with Crippen molar-refractivity contribution in [1.82, 2.24) is 10.2 Å². The van der Waals surface area contributed by atoms with E-state index in [2.05, 4.69) is 10.2 Å². The van der Waals surface area contributed by atoms with E-state index in [9.17, 15) is 4.79 Å². The first-order valence-electron chi connectivity index (χ1n) is 8.89. The molecule has 1 N–H and O–H groups in total. The number of hydrogen-bond acceptors (Lipinski definition) is 3. The van der Waals surface area contributed by atoms with Crippen molar-refractivity contribution >= 4 is 35.2 Å². The highest BCUT2D eigenvalue weighted by Gasteiger charge is 2.31. The Bertz CT molecular complexity index is 630. The Labute approximate surface area is 159 Å². The van der Waals surface area contributed by atoms with Gasteiger partial charge in [-0.2, -0.15) is 0 Å². The van der Waals surface area contributed by atoms with Crippen molar-refractivity contribution in [3.8, 4) is 0 Å². The van der Waals surface area contributed by atoms with E-state index in [1.165, 1.54) is 12.8 Å². The van der Waals surface area contributed by atoms with Gasteiger partial charge in [0.2, 0.25) is 5.91 Å². The van der Waals surface area contributed by atoms with Gasteiger partial charge in [0.25, 0.3) is 0 Å². The molecule has 1 heterocycles. The Morgan fingerprint density at radius 1 is 1.16 bits per heavy atom. The van der Waals surface area contributed by atoms with Crippen LogP contribution < -0.4 is 5.32 Å². The molecule has 1 amide bonds. The highest BCUT2D eigenvalue weighted by atomic mass is 35.5. The molecule has 0 spiro atoms. The van der Waals surface area contributed by atoms with Crippen molar-refractivity contribution < 1.29 is 9.53 Å². The Balaban J connectivity index is 1.59. The number of morpholine rings is 1. The van der Waals surface area contributed by atoms with Gasteiger partial charge in [-0.15, -0.1) is 0 Å². The standard InChI is InChI=1S/C19H24Cl2N2O2/c20-15-7-5-14(13-16(15)21)6-8-19(24)22-17-3-1-2-4-18(17)23-9-11-25-12-10-23/h5-8,13,17-18H,1-4,9-12H2,(H,22,24)/b8-6+/t17-,18-/m1/s1. The maximum absolute atomic E-state index is 12.4. The van der Waals surface area contributed by atoms with Gasteiger partial charge in [-0.1, -0.05) is 42.1 Å². The van der Waals surface area contributed by atoms with Crippen molar-refractivity contribution in [3.63, 3.8) is 0 Å². The smallest absolute Gasteiger partial charge is 0.244 e. The highest BCUT2D eigenvalue weighted by Crippen LogP contribution is 2.25. The molecule has 2 fully saturated rings. The van der Waals surface area contributed by atoms with E-state index >= 15 is 0 Å². The van der Waals surface area contributed by atoms with Gasteiger partial charge in [-0.05, 0) is 36.6 Å². The molecule has 136 valence electrons. The van der Waals surface area contributed by atoms with E-state index in [0.29, 0.717) is 16.1 Å². The molecule has 1 aromatic carbocycles. The molecule has 0 aromatic heterocycles. The fourth-order valence-corrected chi connectivity index (χ4v) is 3.95. The predicted octanol–water partition coefficient (Wildman–Crippen LogP) is 3.77. The zero-order valence-electron chi connectivity index (χ0n) is 14.2. The molecule has 1 saturated carbocycles. The number of nitrogens with zero attached hydrogens (tertiary/aromatic N) is 1. The van der Waals surface area contributed by atoms with Crippen LogP contribution in [0.15, 0.2) is 24.3 Å². The maximum atomic E-state index is 12.4. The Kier molecular flexibility index (Phi) is 6.77. The molecule has 6 heteroatoms. The summed E-state index contributed by atoms with van der Waals surface area (Å²) in [6.45, 7) is 3.48. The number of halogens is 2. The molecule has 1 saturated heterocycles. The van der Waals surface area contributed by atoms with E-state index in [0.717, 1.165) is 44.7 Å². The minimum absolute atomic E-state index is 0.0590. The maximum Gasteiger partial charge on any atom is 0.244 e. The normalized spacial score (nSPS) is 25.2. The lowest BCUT2D eigenvalue weighted by atomic mass is 9.88. The second kappa shape index (κ2) is 9.04. The number of ether oxygens (including phenoxy) is 1. The van der Waals surface area contributed by atoms with Crippen LogP contribution in [0.4, 0.5) is 0 Å². The fraction of sp³-hybridized carbons (Fsp3) is 0.526. The molecule has 4 nitrogen and oxygen atoms in total. The van der Waals surface area contributed by atoms with Crippen LogP contribution in [0.2, 0.25) is 10.0 Å². The number of nitrogens with one attached hydrogen (secondary N) is 1. The third-order valence-corrected chi connectivity index (χ3v) is 5.68. The second-order valence-electron chi connectivity index (χ2n) is 6.62. The summed E-state index contributed by atoms with van der Waals surface area (Å²) in [6, 6.07) is 5.95. The molecule has 1 aromatic rings. The summed E-state index contributed by atoms with van der Waals surface area (Å²) in [6.07, 6.45) is 7.92. The van der Waals surface area contributed by atoms with Gasteiger partial charge in [-0.3, -0.25) is 9.69 Å². The summed E-state index contributed by atoms with van der Waals surface area (Å²) < 4.78 is 5.45. The number of carbonyl (C=O) groups is 1. The lowest BCUT2D eigenvalue weighted by Crippen LogP contribution is -2.55. The number of hydrogen-bond donors (Lipinski definition) is 1. The van der Waals surface area contributed by atoms with Crippen molar-refractivity contribution in [1.29, 1.82) is 0 Å². The van der Waals surface area contributed by atoms with E-state index in [4.69, 9.17) is 27.9 Å². The quantitative estimate of drug-likeness (QED) is 0.805. The van der Waals surface area contributed by atoms with E-state index in [1.54, 1.807) is 24.3 Å². The SMILES string of the molecule is O=C(/C=C/c1ccc(Cl)c(Cl)c1)N[C@@H]1CCCC[C@H]1N1CCOCC1. The minimum Gasteiger partial charge on any atom is -0.379 e. The van der Waals surface area contributed by atoms with Gasteiger partial charge >= 0.3 is 0 Å². The topological polar surface area (TPSA) is 41.6 Å². The van der Waals surface area contributed by atoms with Gasteiger partial charge in [0.05, 0.1) is 23.3 Å². The summed E-state index contributed by atoms with van der Waals surface area (Å²) in [4.78, 5) is 14.8. The molecule has 2 atom stereocenters. The van der Waals surface area contributed by atoms with Gasteiger partial charge in [0, 0.05) is 31.2 Å². The first-order chi connectivity index (χ1) is 12.1. The van der Waals surface area contributed by atoms with Crippen LogP contribution in [0.5, 0.6) is 0 Å². The first kappa shape index (κ1) is 18.7. The Morgan fingerprint density at radius 3 is 2.68 bits per heavy atom. The van der Waals surface area contributed by atoms with Gasteiger partial charge in [0.15, 0.2) is 0 Å². The fourth-order valence-electron chi connectivity index (χ4n) is 3.64. The zero-order chi connectivity index (χ0) is 17.6. The molecular weight excluding hydrogens is 359 g/mol. The van der Waals surface area contributed by atoms with Gasteiger partial charge in [-0.25, -0.2) is 0 Å². The predicted molar refractivity (Wildman–Crippen MR) is 102 cm³/mol. The molecule has 25 heavy (non-hydrogen) atoms. The number of rotatable bonds is 4. The summed E-state index contributed by atoms with van der Waals surface area (Å²) in [7, 11) is 0. The van der Waals surface area contributed by atoms with Crippen LogP contribution >= 0.6 is 23.2 Å². The van der Waals surface area contributed by atoms with Crippen molar-refractivity contribution in [2.24, 2.45) is 0 Å². The molecule has 2 aliphatic rings. The van der Waals surface area contributed by atoms with Crippen LogP contribution in [0.25, 0.3) is 6.08 Å². The van der Waals surface area contributed by atoms with Gasteiger partial charge in [0.1, 0.15) is 0 Å². The lowest BCUT2D eigenvalue weighted by molar-refractivity contribution is -0.118. The van der Waals surface area contributed by atoms with Crippen LogP contribution in [0, 0.1) is 0 Å². The Hall–Kier alpha value is -1.07. The molecule has 0 radical (unpaired) electrons. The summed E-state index contributed by atoms with van der Waals surface area (Å²) in [5, 5.41) is 4.20. The second-order valence-corrected chi connectivity index (χ2v) is 7.44.